The summed E-state index contributed by atoms with van der Waals surface area (Å²) in [5.74, 6) is 0.854. The first kappa shape index (κ1) is 11.6. The number of hydrogen-bond acceptors (Lipinski definition) is 4. The van der Waals surface area contributed by atoms with Crippen LogP contribution in [0.5, 0.6) is 0 Å². The summed E-state index contributed by atoms with van der Waals surface area (Å²) in [6, 6.07) is 0. The largest absolute Gasteiger partial charge is 0.348 e. The summed E-state index contributed by atoms with van der Waals surface area (Å²) in [7, 11) is 0. The molecule has 18 heavy (non-hydrogen) atoms. The number of hydrogen-bond donors (Lipinski definition) is 3. The Morgan fingerprint density at radius 3 is 2.94 bits per heavy atom. The minimum Gasteiger partial charge on any atom is -0.348 e. The highest BCUT2D eigenvalue weighted by Crippen LogP contribution is 2.68. The molecule has 1 saturated heterocycles. The number of carbonyl (C=O) groups is 1. The predicted octanol–water partition coefficient (Wildman–Crippen LogP) is 0.201. The van der Waals surface area contributed by atoms with Crippen molar-refractivity contribution in [3.63, 3.8) is 0 Å². The highest BCUT2D eigenvalue weighted by molar-refractivity contribution is 5.86. The Kier molecular flexibility index (Phi) is 2.62. The normalized spacial score (nSPS) is 29.2. The molecule has 2 fully saturated rings. The maximum Gasteiger partial charge on any atom is 0.226 e. The van der Waals surface area contributed by atoms with E-state index in [1.165, 1.54) is 6.33 Å². The number of H-pyrrole nitrogens is 1. The van der Waals surface area contributed by atoms with Gasteiger partial charge in [-0.2, -0.15) is 5.10 Å². The van der Waals surface area contributed by atoms with Crippen LogP contribution in [0.1, 0.15) is 32.0 Å². The second kappa shape index (κ2) is 4.05. The lowest BCUT2D eigenvalue weighted by Crippen LogP contribution is -2.38. The Hall–Kier alpha value is -1.43. The highest BCUT2D eigenvalue weighted by atomic mass is 16.2. The third-order valence-electron chi connectivity index (χ3n) is 4.68. The minimum atomic E-state index is -0.185. The van der Waals surface area contributed by atoms with E-state index in [-0.39, 0.29) is 16.7 Å². The van der Waals surface area contributed by atoms with Crippen molar-refractivity contribution in [1.29, 1.82) is 0 Å². The first-order chi connectivity index (χ1) is 8.66. The molecule has 1 aliphatic carbocycles. The number of aromatic amines is 1. The average Bonchev–Trinajstić information content (AvgIpc) is 2.80. The summed E-state index contributed by atoms with van der Waals surface area (Å²) in [6.45, 7) is 4.59. The fourth-order valence-corrected chi connectivity index (χ4v) is 3.26. The lowest BCUT2D eigenvalue weighted by Gasteiger charge is -2.27. The van der Waals surface area contributed by atoms with E-state index in [0.29, 0.717) is 12.4 Å². The van der Waals surface area contributed by atoms with Crippen LogP contribution in [0.2, 0.25) is 0 Å². The zero-order chi connectivity index (χ0) is 12.6. The smallest absolute Gasteiger partial charge is 0.226 e. The molecule has 1 aromatic rings. The van der Waals surface area contributed by atoms with E-state index in [0.717, 1.165) is 32.4 Å². The van der Waals surface area contributed by atoms with Crippen LogP contribution < -0.4 is 10.6 Å². The van der Waals surface area contributed by atoms with E-state index in [9.17, 15) is 4.79 Å². The minimum absolute atomic E-state index is 0.154. The van der Waals surface area contributed by atoms with E-state index >= 15 is 0 Å². The van der Waals surface area contributed by atoms with Crippen LogP contribution in [-0.4, -0.2) is 34.2 Å². The third-order valence-corrected chi connectivity index (χ3v) is 4.68. The number of rotatable bonds is 3. The molecule has 6 heteroatoms. The van der Waals surface area contributed by atoms with Crippen LogP contribution in [0.15, 0.2) is 6.33 Å². The fraction of sp³-hybridized carbons (Fsp3) is 0.750. The van der Waals surface area contributed by atoms with Gasteiger partial charge in [-0.05, 0) is 37.8 Å². The van der Waals surface area contributed by atoms with Crippen molar-refractivity contribution >= 4 is 5.91 Å². The van der Waals surface area contributed by atoms with Gasteiger partial charge in [0.2, 0.25) is 5.91 Å². The summed E-state index contributed by atoms with van der Waals surface area (Å²) in [5.41, 5.74) is 0.0544. The zero-order valence-corrected chi connectivity index (χ0v) is 10.6. The van der Waals surface area contributed by atoms with Gasteiger partial charge in [0.15, 0.2) is 0 Å². The molecule has 0 radical (unpaired) electrons. The molecule has 0 bridgehead atoms. The lowest BCUT2D eigenvalue weighted by atomic mass is 9.85. The van der Waals surface area contributed by atoms with E-state index in [1.807, 2.05) is 0 Å². The molecule has 1 unspecified atom stereocenters. The first-order valence-corrected chi connectivity index (χ1v) is 6.50. The maximum absolute atomic E-state index is 12.3. The number of amides is 1. The highest BCUT2D eigenvalue weighted by Gasteiger charge is 2.67. The van der Waals surface area contributed by atoms with Crippen molar-refractivity contribution in [3.05, 3.63) is 12.2 Å². The van der Waals surface area contributed by atoms with Crippen molar-refractivity contribution in [2.75, 3.05) is 13.1 Å². The molecule has 1 amide bonds. The molecule has 3 rings (SSSR count). The van der Waals surface area contributed by atoms with Crippen LogP contribution in [0, 0.1) is 10.8 Å². The Labute approximate surface area is 106 Å². The number of carbonyl (C=O) groups excluding carboxylic acids is 1. The molecular formula is C12H19N5O. The summed E-state index contributed by atoms with van der Waals surface area (Å²) in [5, 5.41) is 12.8. The fourth-order valence-electron chi connectivity index (χ4n) is 3.26. The lowest BCUT2D eigenvalue weighted by molar-refractivity contribution is -0.127. The molecule has 1 aromatic heterocycles. The van der Waals surface area contributed by atoms with Crippen LogP contribution >= 0.6 is 0 Å². The predicted molar refractivity (Wildman–Crippen MR) is 65.5 cm³/mol. The van der Waals surface area contributed by atoms with Crippen molar-refractivity contribution in [1.82, 2.24) is 25.8 Å². The first-order valence-electron chi connectivity index (χ1n) is 6.50. The summed E-state index contributed by atoms with van der Waals surface area (Å²) in [4.78, 5) is 16.3. The molecule has 98 valence electrons. The van der Waals surface area contributed by atoms with Crippen molar-refractivity contribution in [2.45, 2.75) is 32.7 Å². The summed E-state index contributed by atoms with van der Waals surface area (Å²) in [6.07, 6.45) is 4.69. The van der Waals surface area contributed by atoms with E-state index in [1.54, 1.807) is 0 Å². The molecule has 1 saturated carbocycles. The molecular weight excluding hydrogens is 230 g/mol. The average molecular weight is 249 g/mol. The second-order valence-electron chi connectivity index (χ2n) is 5.65. The van der Waals surface area contributed by atoms with Gasteiger partial charge in [-0.25, -0.2) is 4.98 Å². The van der Waals surface area contributed by atoms with Crippen molar-refractivity contribution in [3.8, 4) is 0 Å². The van der Waals surface area contributed by atoms with Gasteiger partial charge in [0, 0.05) is 0 Å². The van der Waals surface area contributed by atoms with Crippen LogP contribution in [-0.2, 0) is 11.3 Å². The number of piperidine rings is 1. The Morgan fingerprint density at radius 1 is 1.50 bits per heavy atom. The zero-order valence-electron chi connectivity index (χ0n) is 10.6. The second-order valence-corrected chi connectivity index (χ2v) is 5.65. The number of aromatic nitrogens is 3. The Morgan fingerprint density at radius 2 is 2.28 bits per heavy atom. The molecule has 1 aliphatic heterocycles. The quantitative estimate of drug-likeness (QED) is 0.714. The SMILES string of the molecule is CC1(C(=O)NCc2ncn[nH]2)CC12CCNCC2. The molecule has 1 atom stereocenters. The Bertz CT molecular complexity index is 437. The van der Waals surface area contributed by atoms with Gasteiger partial charge in [-0.3, -0.25) is 9.89 Å². The monoisotopic (exact) mass is 249 g/mol. The van der Waals surface area contributed by atoms with Gasteiger partial charge < -0.3 is 10.6 Å². The van der Waals surface area contributed by atoms with Gasteiger partial charge >= 0.3 is 0 Å². The van der Waals surface area contributed by atoms with Gasteiger partial charge in [-0.1, -0.05) is 6.92 Å². The Balaban J connectivity index is 1.60. The molecule has 3 N–H and O–H groups in total. The summed E-state index contributed by atoms with van der Waals surface area (Å²) < 4.78 is 0. The maximum atomic E-state index is 12.3. The van der Waals surface area contributed by atoms with Gasteiger partial charge in [0.05, 0.1) is 12.0 Å². The van der Waals surface area contributed by atoms with Gasteiger partial charge in [-0.15, -0.1) is 0 Å². The van der Waals surface area contributed by atoms with E-state index < -0.39 is 0 Å². The van der Waals surface area contributed by atoms with E-state index in [2.05, 4.69) is 32.7 Å². The number of nitrogens with one attached hydrogen (secondary N) is 3. The molecule has 1 spiro atoms. The third kappa shape index (κ3) is 1.71. The number of nitrogens with zero attached hydrogens (tertiary/aromatic N) is 2. The van der Waals surface area contributed by atoms with Crippen LogP contribution in [0.4, 0.5) is 0 Å². The topological polar surface area (TPSA) is 82.7 Å². The van der Waals surface area contributed by atoms with Gasteiger partial charge in [0.1, 0.15) is 12.2 Å². The van der Waals surface area contributed by atoms with Crippen molar-refractivity contribution < 1.29 is 4.79 Å². The molecule has 6 nitrogen and oxygen atoms in total. The van der Waals surface area contributed by atoms with Gasteiger partial charge in [0.25, 0.3) is 0 Å². The summed E-state index contributed by atoms with van der Waals surface area (Å²) >= 11 is 0. The van der Waals surface area contributed by atoms with Crippen LogP contribution in [0.25, 0.3) is 0 Å². The molecule has 2 aliphatic rings. The molecule has 2 heterocycles. The van der Waals surface area contributed by atoms with Crippen LogP contribution in [0.3, 0.4) is 0 Å². The van der Waals surface area contributed by atoms with E-state index in [4.69, 9.17) is 0 Å². The molecule has 0 aromatic carbocycles. The standard InChI is InChI=1S/C12H19N5O/c1-11(7-12(11)2-4-13-5-3-12)10(18)14-6-9-15-8-16-17-9/h8,13H,2-7H2,1H3,(H,14,18)(H,15,16,17). The van der Waals surface area contributed by atoms with Crippen molar-refractivity contribution in [2.24, 2.45) is 10.8 Å².